The maximum atomic E-state index is 13.9. The zero-order chi connectivity index (χ0) is 26.6. The fourth-order valence-electron chi connectivity index (χ4n) is 5.32. The molecule has 0 saturated carbocycles. The number of hydrogen-bond donors (Lipinski definition) is 0. The van der Waals surface area contributed by atoms with Crippen molar-refractivity contribution in [2.24, 2.45) is 0 Å². The highest BCUT2D eigenvalue weighted by Crippen LogP contribution is 2.34. The summed E-state index contributed by atoms with van der Waals surface area (Å²) in [7, 11) is 0. The van der Waals surface area contributed by atoms with Crippen molar-refractivity contribution in [2.45, 2.75) is 45.3 Å². The van der Waals surface area contributed by atoms with Crippen molar-refractivity contribution in [2.75, 3.05) is 32.8 Å². The number of rotatable bonds is 8. The minimum Gasteiger partial charge on any atom is -0.491 e. The van der Waals surface area contributed by atoms with E-state index in [1.165, 1.54) is 10.4 Å². The van der Waals surface area contributed by atoms with Crippen LogP contribution in [-0.4, -0.2) is 60.6 Å². The first kappa shape index (κ1) is 26.7. The monoisotopic (exact) mass is 552 g/mol. The molecule has 2 unspecified atom stereocenters. The van der Waals surface area contributed by atoms with Crippen molar-refractivity contribution in [1.82, 2.24) is 9.80 Å². The van der Waals surface area contributed by atoms with Crippen LogP contribution in [0.25, 0.3) is 0 Å². The minimum atomic E-state index is -0.254. The lowest BCUT2D eigenvalue weighted by Gasteiger charge is -2.37. The second kappa shape index (κ2) is 11.9. The minimum absolute atomic E-state index is 0.0382. The van der Waals surface area contributed by atoms with Crippen molar-refractivity contribution >= 4 is 34.8 Å². The van der Waals surface area contributed by atoms with Crippen LogP contribution in [0, 0.1) is 13.8 Å². The number of fused-ring (bicyclic) bond motifs is 1. The van der Waals surface area contributed by atoms with Crippen molar-refractivity contribution in [3.05, 3.63) is 86.1 Å². The van der Waals surface area contributed by atoms with Gasteiger partial charge in [-0.15, -0.1) is 11.3 Å². The van der Waals surface area contributed by atoms with Gasteiger partial charge in [0.05, 0.1) is 22.7 Å². The standard InChI is InChI=1S/C30H33ClN2O4S/c1-20-9-10-27(21(2)16-20)37-19-26-24-12-15-38-28(24)11-13-33(26)29(34)18-32(17-22-6-5-14-36-22)30(35)23-7-3-4-8-25(23)31/h3-4,7-10,12,15-16,22,26H,5-6,11,13-14,17-19H2,1-2H3. The maximum Gasteiger partial charge on any atom is 0.255 e. The van der Waals surface area contributed by atoms with Gasteiger partial charge in [-0.3, -0.25) is 9.59 Å². The van der Waals surface area contributed by atoms with Crippen LogP contribution in [0.5, 0.6) is 5.75 Å². The van der Waals surface area contributed by atoms with Crippen LogP contribution in [0.3, 0.4) is 0 Å². The lowest BCUT2D eigenvalue weighted by molar-refractivity contribution is -0.135. The number of thiophene rings is 1. The molecule has 0 bridgehead atoms. The molecule has 2 aliphatic rings. The molecule has 2 aromatic carbocycles. The molecule has 3 aromatic rings. The van der Waals surface area contributed by atoms with E-state index >= 15 is 0 Å². The first-order valence-electron chi connectivity index (χ1n) is 13.1. The van der Waals surface area contributed by atoms with Crippen LogP contribution < -0.4 is 4.74 Å². The highest BCUT2D eigenvalue weighted by molar-refractivity contribution is 7.10. The Bertz CT molecular complexity index is 1300. The molecule has 8 heteroatoms. The number of carbonyl (C=O) groups excluding carboxylic acids is 2. The summed E-state index contributed by atoms with van der Waals surface area (Å²) in [5, 5.41) is 2.45. The van der Waals surface area contributed by atoms with Crippen LogP contribution >= 0.6 is 22.9 Å². The van der Waals surface area contributed by atoms with E-state index in [2.05, 4.69) is 24.4 Å². The Morgan fingerprint density at radius 1 is 1.18 bits per heavy atom. The lowest BCUT2D eigenvalue weighted by atomic mass is 10.00. The molecule has 200 valence electrons. The predicted octanol–water partition coefficient (Wildman–Crippen LogP) is 5.84. The van der Waals surface area contributed by atoms with Gasteiger partial charge in [0.2, 0.25) is 5.91 Å². The maximum absolute atomic E-state index is 13.9. The summed E-state index contributed by atoms with van der Waals surface area (Å²) in [5.74, 6) is 0.462. The summed E-state index contributed by atoms with van der Waals surface area (Å²) in [5.41, 5.74) is 3.77. The topological polar surface area (TPSA) is 59.1 Å². The molecule has 38 heavy (non-hydrogen) atoms. The van der Waals surface area contributed by atoms with E-state index in [4.69, 9.17) is 21.1 Å². The molecular weight excluding hydrogens is 520 g/mol. The lowest BCUT2D eigenvalue weighted by Crippen LogP contribution is -2.49. The molecule has 2 amide bonds. The molecule has 2 aliphatic heterocycles. The van der Waals surface area contributed by atoms with Gasteiger partial charge in [0.15, 0.2) is 0 Å². The van der Waals surface area contributed by atoms with E-state index in [1.807, 2.05) is 24.0 Å². The average Bonchev–Trinajstić information content (AvgIpc) is 3.60. The van der Waals surface area contributed by atoms with Crippen molar-refractivity contribution in [3.8, 4) is 5.75 Å². The second-order valence-electron chi connectivity index (χ2n) is 10.0. The van der Waals surface area contributed by atoms with Gasteiger partial charge < -0.3 is 19.3 Å². The Hall–Kier alpha value is -2.87. The molecule has 0 aliphatic carbocycles. The van der Waals surface area contributed by atoms with E-state index < -0.39 is 0 Å². The fourth-order valence-corrected chi connectivity index (χ4v) is 6.46. The quantitative estimate of drug-likeness (QED) is 0.352. The zero-order valence-electron chi connectivity index (χ0n) is 21.8. The van der Waals surface area contributed by atoms with E-state index in [-0.39, 0.29) is 30.5 Å². The summed E-state index contributed by atoms with van der Waals surface area (Å²) in [6.07, 6.45) is 2.54. The normalized spacial score (nSPS) is 18.8. The number of aryl methyl sites for hydroxylation is 2. The summed E-state index contributed by atoms with van der Waals surface area (Å²) in [4.78, 5) is 32.2. The largest absolute Gasteiger partial charge is 0.491 e. The number of carbonyl (C=O) groups is 2. The van der Waals surface area contributed by atoms with Gasteiger partial charge in [0.25, 0.3) is 5.91 Å². The smallest absolute Gasteiger partial charge is 0.255 e. The molecule has 1 aromatic heterocycles. The number of nitrogens with zero attached hydrogens (tertiary/aromatic N) is 2. The van der Waals surface area contributed by atoms with Crippen molar-refractivity contribution in [1.29, 1.82) is 0 Å². The third-order valence-corrected chi connectivity index (χ3v) is 8.63. The van der Waals surface area contributed by atoms with E-state index in [0.717, 1.165) is 36.1 Å². The van der Waals surface area contributed by atoms with Crippen LogP contribution in [-0.2, 0) is 16.0 Å². The number of hydrogen-bond acceptors (Lipinski definition) is 5. The molecule has 3 heterocycles. The third-order valence-electron chi connectivity index (χ3n) is 7.31. The molecule has 5 rings (SSSR count). The first-order valence-corrected chi connectivity index (χ1v) is 14.4. The van der Waals surface area contributed by atoms with E-state index in [9.17, 15) is 9.59 Å². The Balaban J connectivity index is 1.37. The molecule has 2 atom stereocenters. The van der Waals surface area contributed by atoms with Crippen LogP contribution in [0.15, 0.2) is 53.9 Å². The number of ether oxygens (including phenoxy) is 2. The molecule has 1 fully saturated rings. The number of amides is 2. The molecule has 1 saturated heterocycles. The summed E-state index contributed by atoms with van der Waals surface area (Å²) >= 11 is 8.08. The Morgan fingerprint density at radius 3 is 2.79 bits per heavy atom. The first-order chi connectivity index (χ1) is 18.4. The number of halogens is 1. The van der Waals surface area contributed by atoms with Crippen LogP contribution in [0.4, 0.5) is 0 Å². The van der Waals surface area contributed by atoms with Gasteiger partial charge in [0.1, 0.15) is 18.9 Å². The average molecular weight is 553 g/mol. The third kappa shape index (κ3) is 5.90. The zero-order valence-corrected chi connectivity index (χ0v) is 23.4. The Morgan fingerprint density at radius 2 is 2.03 bits per heavy atom. The highest BCUT2D eigenvalue weighted by atomic mass is 35.5. The van der Waals surface area contributed by atoms with Gasteiger partial charge in [-0.1, -0.05) is 41.4 Å². The molecular formula is C30H33ClN2O4S. The van der Waals surface area contributed by atoms with Gasteiger partial charge in [-0.25, -0.2) is 0 Å². The van der Waals surface area contributed by atoms with Crippen LogP contribution in [0.1, 0.15) is 50.8 Å². The second-order valence-corrected chi connectivity index (χ2v) is 11.4. The SMILES string of the molecule is Cc1ccc(OCC2c3ccsc3CCN2C(=O)CN(CC2CCCO2)C(=O)c2ccccc2Cl)c(C)c1. The Kier molecular flexibility index (Phi) is 8.36. The molecule has 6 nitrogen and oxygen atoms in total. The van der Waals surface area contributed by atoms with Gasteiger partial charge in [-0.2, -0.15) is 0 Å². The van der Waals surface area contributed by atoms with Gasteiger partial charge in [-0.05, 0) is 73.9 Å². The molecule has 0 N–H and O–H groups in total. The fraction of sp³-hybridized carbons (Fsp3) is 0.400. The van der Waals surface area contributed by atoms with Crippen molar-refractivity contribution in [3.63, 3.8) is 0 Å². The van der Waals surface area contributed by atoms with Crippen molar-refractivity contribution < 1.29 is 19.1 Å². The summed E-state index contributed by atoms with van der Waals surface area (Å²) in [6.45, 7) is 6.02. The van der Waals surface area contributed by atoms with E-state index in [1.54, 1.807) is 40.5 Å². The van der Waals surface area contributed by atoms with Crippen LogP contribution in [0.2, 0.25) is 5.02 Å². The Labute approximate surface area is 233 Å². The van der Waals surface area contributed by atoms with Gasteiger partial charge >= 0.3 is 0 Å². The molecule has 0 spiro atoms. The summed E-state index contributed by atoms with van der Waals surface area (Å²) in [6, 6.07) is 15.0. The van der Waals surface area contributed by atoms with Gasteiger partial charge in [0, 0.05) is 24.6 Å². The van der Waals surface area contributed by atoms with E-state index in [0.29, 0.717) is 36.9 Å². The summed E-state index contributed by atoms with van der Waals surface area (Å²) < 4.78 is 12.1. The number of benzene rings is 2. The predicted molar refractivity (Wildman–Crippen MR) is 150 cm³/mol. The molecule has 0 radical (unpaired) electrons. The highest BCUT2D eigenvalue weighted by Gasteiger charge is 2.35.